The number of imidazole rings is 1. The van der Waals surface area contributed by atoms with Crippen molar-refractivity contribution in [3.05, 3.63) is 39.8 Å². The third-order valence-corrected chi connectivity index (χ3v) is 4.79. The molecule has 0 spiro atoms. The lowest BCUT2D eigenvalue weighted by molar-refractivity contribution is -0.143. The monoisotopic (exact) mass is 377 g/mol. The minimum atomic E-state index is -4.64. The zero-order chi connectivity index (χ0) is 19.5. The molecule has 1 aliphatic carbocycles. The molecule has 1 fully saturated rings. The molecule has 9 heteroatoms. The van der Waals surface area contributed by atoms with Crippen LogP contribution < -0.4 is 10.9 Å². The number of aryl methyl sites for hydroxylation is 2. The summed E-state index contributed by atoms with van der Waals surface area (Å²) in [5.41, 5.74) is -0.297. The molecular weight excluding hydrogens is 359 g/mol. The van der Waals surface area contributed by atoms with Crippen molar-refractivity contribution >= 4 is 16.9 Å². The second-order valence-electron chi connectivity index (χ2n) is 6.90. The fraction of sp³-hybridized carbons (Fsp3) is 0.389. The van der Waals surface area contributed by atoms with Gasteiger partial charge in [-0.05, 0) is 37.5 Å². The Morgan fingerprint density at radius 3 is 2.48 bits per heavy atom. The lowest BCUT2D eigenvalue weighted by atomic mass is 10.2. The van der Waals surface area contributed by atoms with Crippen molar-refractivity contribution in [3.8, 4) is 11.5 Å². The molecule has 3 heterocycles. The van der Waals surface area contributed by atoms with E-state index in [1.54, 1.807) is 7.05 Å². The second kappa shape index (κ2) is 5.83. The van der Waals surface area contributed by atoms with Gasteiger partial charge in [0.2, 0.25) is 0 Å². The molecule has 0 amide bonds. The highest BCUT2D eigenvalue weighted by atomic mass is 19.4. The van der Waals surface area contributed by atoms with E-state index < -0.39 is 17.4 Å². The van der Waals surface area contributed by atoms with Crippen LogP contribution in [0.15, 0.2) is 23.0 Å². The first-order chi connectivity index (χ1) is 12.7. The first-order valence-electron chi connectivity index (χ1n) is 8.55. The molecule has 0 aromatic carbocycles. The highest BCUT2D eigenvalue weighted by Gasteiger charge is 2.35. The zero-order valence-corrected chi connectivity index (χ0v) is 15.1. The maximum Gasteiger partial charge on any atom is 0.431 e. The van der Waals surface area contributed by atoms with E-state index in [0.29, 0.717) is 27.9 Å². The van der Waals surface area contributed by atoms with Crippen LogP contribution in [0.4, 0.5) is 19.0 Å². The van der Waals surface area contributed by atoms with Gasteiger partial charge < -0.3 is 14.5 Å². The molecule has 4 rings (SSSR count). The Balaban J connectivity index is 1.92. The van der Waals surface area contributed by atoms with Gasteiger partial charge in [-0.25, -0.2) is 9.97 Å². The van der Waals surface area contributed by atoms with Gasteiger partial charge in [0.25, 0.3) is 5.56 Å². The number of hydrogen-bond acceptors (Lipinski definition) is 4. The molecule has 142 valence electrons. The van der Waals surface area contributed by atoms with E-state index in [0.717, 1.165) is 31.5 Å². The third-order valence-electron chi connectivity index (χ3n) is 4.79. The number of anilines is 1. The molecule has 27 heavy (non-hydrogen) atoms. The van der Waals surface area contributed by atoms with Gasteiger partial charge in [-0.15, -0.1) is 0 Å². The van der Waals surface area contributed by atoms with Crippen molar-refractivity contribution in [3.63, 3.8) is 0 Å². The number of alkyl halides is 3. The van der Waals surface area contributed by atoms with Gasteiger partial charge in [0, 0.05) is 20.1 Å². The quantitative estimate of drug-likeness (QED) is 0.761. The maximum atomic E-state index is 13.2. The molecule has 0 unspecified atom stereocenters. The largest absolute Gasteiger partial charge is 0.431 e. The fourth-order valence-electron chi connectivity index (χ4n) is 3.12. The Morgan fingerprint density at radius 1 is 1.15 bits per heavy atom. The molecule has 1 N–H and O–H groups in total. The summed E-state index contributed by atoms with van der Waals surface area (Å²) in [6.45, 7) is 1.85. The summed E-state index contributed by atoms with van der Waals surface area (Å²) in [5.74, 6) is 1.05. The molecular formula is C18H18F3N5O. The molecule has 0 radical (unpaired) electrons. The predicted molar refractivity (Wildman–Crippen MR) is 95.6 cm³/mol. The number of pyridine rings is 2. The summed E-state index contributed by atoms with van der Waals surface area (Å²) in [5, 5.41) is 3.29. The van der Waals surface area contributed by atoms with E-state index in [9.17, 15) is 18.0 Å². The summed E-state index contributed by atoms with van der Waals surface area (Å²) in [6, 6.07) is 5.06. The smallest absolute Gasteiger partial charge is 0.367 e. The summed E-state index contributed by atoms with van der Waals surface area (Å²) in [6.07, 6.45) is -2.46. The van der Waals surface area contributed by atoms with Gasteiger partial charge in [0.1, 0.15) is 22.7 Å². The van der Waals surface area contributed by atoms with Gasteiger partial charge in [0.05, 0.1) is 5.52 Å². The van der Waals surface area contributed by atoms with Crippen molar-refractivity contribution in [2.75, 3.05) is 5.32 Å². The van der Waals surface area contributed by atoms with Gasteiger partial charge in [-0.2, -0.15) is 13.2 Å². The molecule has 3 aromatic heterocycles. The maximum absolute atomic E-state index is 13.2. The SMILES string of the molecule is Cc1ccc(NC2CC2)nc1-c1nc2cc(C(F)(F)F)n(C)c(=O)c2n1C. The Labute approximate surface area is 152 Å². The minimum Gasteiger partial charge on any atom is -0.367 e. The normalized spacial score (nSPS) is 14.7. The predicted octanol–water partition coefficient (Wildman–Crippen LogP) is 3.24. The molecule has 6 nitrogen and oxygen atoms in total. The number of rotatable bonds is 3. The second-order valence-corrected chi connectivity index (χ2v) is 6.90. The van der Waals surface area contributed by atoms with Crippen molar-refractivity contribution in [1.82, 2.24) is 19.1 Å². The highest BCUT2D eigenvalue weighted by molar-refractivity contribution is 5.80. The van der Waals surface area contributed by atoms with Crippen LogP contribution in [0.5, 0.6) is 0 Å². The van der Waals surface area contributed by atoms with Crippen LogP contribution in [-0.2, 0) is 20.3 Å². The highest BCUT2D eigenvalue weighted by Crippen LogP contribution is 2.32. The average molecular weight is 377 g/mol. The van der Waals surface area contributed by atoms with Crippen LogP contribution in [0, 0.1) is 6.92 Å². The van der Waals surface area contributed by atoms with E-state index in [2.05, 4.69) is 15.3 Å². The molecule has 3 aromatic rings. The summed E-state index contributed by atoms with van der Waals surface area (Å²) in [4.78, 5) is 21.4. The lowest BCUT2D eigenvalue weighted by Gasteiger charge is -2.11. The molecule has 1 saturated carbocycles. The number of fused-ring (bicyclic) bond motifs is 1. The van der Waals surface area contributed by atoms with Crippen LogP contribution in [0.2, 0.25) is 0 Å². The molecule has 1 aliphatic rings. The minimum absolute atomic E-state index is 0.00433. The fourth-order valence-corrected chi connectivity index (χ4v) is 3.12. The Bertz CT molecular complexity index is 1110. The first kappa shape index (κ1) is 17.6. The number of nitrogens with one attached hydrogen (secondary N) is 1. The van der Waals surface area contributed by atoms with Gasteiger partial charge in [-0.3, -0.25) is 4.79 Å². The lowest BCUT2D eigenvalue weighted by Crippen LogP contribution is -2.26. The Hall–Kier alpha value is -2.84. The van der Waals surface area contributed by atoms with Crippen LogP contribution in [0.3, 0.4) is 0 Å². The molecule has 0 bridgehead atoms. The molecule has 0 saturated heterocycles. The number of hydrogen-bond donors (Lipinski definition) is 1. The van der Waals surface area contributed by atoms with Gasteiger partial charge in [0.15, 0.2) is 5.82 Å². The average Bonchev–Trinajstić information content (AvgIpc) is 3.34. The first-order valence-corrected chi connectivity index (χ1v) is 8.55. The summed E-state index contributed by atoms with van der Waals surface area (Å²) < 4.78 is 41.8. The van der Waals surface area contributed by atoms with E-state index in [1.165, 1.54) is 4.57 Å². The zero-order valence-electron chi connectivity index (χ0n) is 15.1. The number of aromatic nitrogens is 4. The topological polar surface area (TPSA) is 64.7 Å². The van der Waals surface area contributed by atoms with E-state index in [4.69, 9.17) is 0 Å². The van der Waals surface area contributed by atoms with E-state index >= 15 is 0 Å². The van der Waals surface area contributed by atoms with Gasteiger partial charge in [-0.1, -0.05) is 6.07 Å². The number of nitrogens with zero attached hydrogens (tertiary/aromatic N) is 4. The van der Waals surface area contributed by atoms with Crippen LogP contribution >= 0.6 is 0 Å². The summed E-state index contributed by atoms with van der Waals surface area (Å²) >= 11 is 0. The molecule has 0 aliphatic heterocycles. The van der Waals surface area contributed by atoms with Crippen molar-refractivity contribution in [1.29, 1.82) is 0 Å². The van der Waals surface area contributed by atoms with Crippen LogP contribution in [-0.4, -0.2) is 25.1 Å². The van der Waals surface area contributed by atoms with Gasteiger partial charge >= 0.3 is 6.18 Å². The van der Waals surface area contributed by atoms with Crippen molar-refractivity contribution in [2.24, 2.45) is 14.1 Å². The van der Waals surface area contributed by atoms with Crippen molar-refractivity contribution < 1.29 is 13.2 Å². The summed E-state index contributed by atoms with van der Waals surface area (Å²) in [7, 11) is 2.72. The Morgan fingerprint density at radius 2 is 1.85 bits per heavy atom. The van der Waals surface area contributed by atoms with E-state index in [1.807, 2.05) is 19.1 Å². The number of halogens is 3. The Kier molecular flexibility index (Phi) is 3.79. The van der Waals surface area contributed by atoms with Crippen LogP contribution in [0.25, 0.3) is 22.6 Å². The van der Waals surface area contributed by atoms with Crippen molar-refractivity contribution in [2.45, 2.75) is 32.0 Å². The van der Waals surface area contributed by atoms with E-state index in [-0.39, 0.29) is 11.0 Å². The standard InChI is InChI=1S/C18H18F3N5O/c1-9-4-7-13(22-10-5-6-10)24-14(9)16-23-11-8-12(18(19,20)21)25(2)17(27)15(11)26(16)3/h4,7-8,10H,5-6H2,1-3H3,(H,22,24). The third kappa shape index (κ3) is 2.96. The van der Waals surface area contributed by atoms with Crippen LogP contribution in [0.1, 0.15) is 24.1 Å². The molecule has 0 atom stereocenters.